The first-order chi connectivity index (χ1) is 7.84. The molecule has 2 aromatic rings. The van der Waals surface area contributed by atoms with Crippen molar-refractivity contribution < 1.29 is 4.39 Å². The lowest BCUT2D eigenvalue weighted by Gasteiger charge is -2.11. The van der Waals surface area contributed by atoms with Crippen LogP contribution in [0.1, 0.15) is 17.2 Å². The van der Waals surface area contributed by atoms with Gasteiger partial charge in [0.1, 0.15) is 5.82 Å². The molecule has 2 aromatic carbocycles. The van der Waals surface area contributed by atoms with Gasteiger partial charge in [-0.3, -0.25) is 0 Å². The molecule has 1 aliphatic rings. The molecule has 0 aromatic heterocycles. The fraction of sp³-hybridized carbons (Fsp3) is 0.143. The number of halogens is 1. The van der Waals surface area contributed by atoms with Gasteiger partial charge in [0.25, 0.3) is 0 Å². The molecule has 0 bridgehead atoms. The molecule has 2 heteroatoms. The number of hydrogen-bond donors (Lipinski definition) is 1. The van der Waals surface area contributed by atoms with Gasteiger partial charge in [-0.05, 0) is 23.6 Å². The highest BCUT2D eigenvalue weighted by atomic mass is 19.1. The monoisotopic (exact) mass is 213 g/mol. The van der Waals surface area contributed by atoms with E-state index in [0.717, 1.165) is 12.0 Å². The van der Waals surface area contributed by atoms with E-state index < -0.39 is 0 Å². The second-order valence-corrected chi connectivity index (χ2v) is 4.09. The Morgan fingerprint density at radius 3 is 2.56 bits per heavy atom. The Balaban J connectivity index is 1.94. The molecule has 1 atom stereocenters. The van der Waals surface area contributed by atoms with Crippen molar-refractivity contribution in [2.75, 3.05) is 5.32 Å². The number of benzene rings is 2. The van der Waals surface area contributed by atoms with E-state index in [-0.39, 0.29) is 11.9 Å². The molecule has 16 heavy (non-hydrogen) atoms. The first-order valence-corrected chi connectivity index (χ1v) is 5.43. The number of hydrogen-bond acceptors (Lipinski definition) is 1. The lowest BCUT2D eigenvalue weighted by Crippen LogP contribution is -2.05. The lowest BCUT2D eigenvalue weighted by molar-refractivity contribution is 0.630. The summed E-state index contributed by atoms with van der Waals surface area (Å²) in [5.74, 6) is -0.157. The zero-order valence-corrected chi connectivity index (χ0v) is 8.78. The molecular weight excluding hydrogens is 201 g/mol. The summed E-state index contributed by atoms with van der Waals surface area (Å²) >= 11 is 0. The highest BCUT2D eigenvalue weighted by Crippen LogP contribution is 2.35. The second kappa shape index (κ2) is 3.63. The van der Waals surface area contributed by atoms with Crippen LogP contribution in [0.15, 0.2) is 48.5 Å². The predicted octanol–water partition coefficient (Wildman–Crippen LogP) is 3.54. The van der Waals surface area contributed by atoms with E-state index in [0.29, 0.717) is 5.69 Å². The van der Waals surface area contributed by atoms with Crippen molar-refractivity contribution in [1.29, 1.82) is 0 Å². The highest BCUT2D eigenvalue weighted by molar-refractivity contribution is 5.59. The van der Waals surface area contributed by atoms with Gasteiger partial charge < -0.3 is 5.32 Å². The van der Waals surface area contributed by atoms with Crippen molar-refractivity contribution in [1.82, 2.24) is 0 Å². The Hall–Kier alpha value is -1.83. The molecule has 1 nitrogen and oxygen atoms in total. The molecule has 1 heterocycles. The minimum atomic E-state index is -0.157. The summed E-state index contributed by atoms with van der Waals surface area (Å²) < 4.78 is 13.5. The van der Waals surface area contributed by atoms with E-state index in [1.54, 1.807) is 6.07 Å². The van der Waals surface area contributed by atoms with Gasteiger partial charge >= 0.3 is 0 Å². The molecule has 1 aliphatic heterocycles. The van der Waals surface area contributed by atoms with Gasteiger partial charge in [-0.1, -0.05) is 42.5 Å². The third-order valence-corrected chi connectivity index (χ3v) is 3.04. The molecule has 0 saturated carbocycles. The lowest BCUT2D eigenvalue weighted by atomic mass is 10.0. The quantitative estimate of drug-likeness (QED) is 0.764. The van der Waals surface area contributed by atoms with Crippen LogP contribution in [0.25, 0.3) is 0 Å². The van der Waals surface area contributed by atoms with Crippen molar-refractivity contribution >= 4 is 5.69 Å². The molecule has 3 rings (SSSR count). The second-order valence-electron chi connectivity index (χ2n) is 4.09. The summed E-state index contributed by atoms with van der Waals surface area (Å²) in [6.45, 7) is 0. The number of fused-ring (bicyclic) bond motifs is 1. The van der Waals surface area contributed by atoms with Gasteiger partial charge in [-0.15, -0.1) is 0 Å². The fourth-order valence-electron chi connectivity index (χ4n) is 2.23. The summed E-state index contributed by atoms with van der Waals surface area (Å²) in [5.41, 5.74) is 2.93. The van der Waals surface area contributed by atoms with Crippen LogP contribution >= 0.6 is 0 Å². The summed E-state index contributed by atoms with van der Waals surface area (Å²) in [7, 11) is 0. The smallest absolute Gasteiger partial charge is 0.146 e. The average molecular weight is 213 g/mol. The average Bonchev–Trinajstić information content (AvgIpc) is 2.76. The largest absolute Gasteiger partial charge is 0.375 e. The van der Waals surface area contributed by atoms with Crippen molar-refractivity contribution in [2.45, 2.75) is 12.5 Å². The number of anilines is 1. The number of nitrogens with one attached hydrogen (secondary N) is 1. The number of rotatable bonds is 1. The Bertz CT molecular complexity index is 507. The van der Waals surface area contributed by atoms with E-state index in [1.807, 2.05) is 24.3 Å². The predicted molar refractivity (Wildman–Crippen MR) is 62.9 cm³/mol. The molecule has 1 unspecified atom stereocenters. The van der Waals surface area contributed by atoms with Gasteiger partial charge in [-0.2, -0.15) is 0 Å². The molecule has 0 saturated heterocycles. The SMILES string of the molecule is Fc1cccc2c1NC(c1ccccc1)C2. The summed E-state index contributed by atoms with van der Waals surface area (Å²) in [4.78, 5) is 0. The maximum absolute atomic E-state index is 13.5. The minimum absolute atomic E-state index is 0.157. The standard InChI is InChI=1S/C14H12FN/c15-12-8-4-7-11-9-13(16-14(11)12)10-5-2-1-3-6-10/h1-8,13,16H,9H2. The normalized spacial score (nSPS) is 17.9. The Morgan fingerprint density at radius 2 is 1.81 bits per heavy atom. The van der Waals surface area contributed by atoms with E-state index in [9.17, 15) is 4.39 Å². The Kier molecular flexibility index (Phi) is 2.13. The van der Waals surface area contributed by atoms with Crippen LogP contribution in [0.5, 0.6) is 0 Å². The molecule has 0 amide bonds. The highest BCUT2D eigenvalue weighted by Gasteiger charge is 2.23. The molecule has 0 aliphatic carbocycles. The van der Waals surface area contributed by atoms with Gasteiger partial charge in [0.05, 0.1) is 11.7 Å². The molecule has 0 fully saturated rings. The van der Waals surface area contributed by atoms with Gasteiger partial charge in [-0.25, -0.2) is 4.39 Å². The zero-order valence-electron chi connectivity index (χ0n) is 8.78. The molecule has 0 spiro atoms. The van der Waals surface area contributed by atoms with Crippen molar-refractivity contribution in [3.8, 4) is 0 Å². The van der Waals surface area contributed by atoms with E-state index in [2.05, 4.69) is 17.4 Å². The first kappa shape index (κ1) is 9.40. The maximum Gasteiger partial charge on any atom is 0.146 e. The molecule has 1 N–H and O–H groups in total. The zero-order chi connectivity index (χ0) is 11.0. The molecular formula is C14H12FN. The van der Waals surface area contributed by atoms with Crippen LogP contribution in [-0.2, 0) is 6.42 Å². The minimum Gasteiger partial charge on any atom is -0.375 e. The third-order valence-electron chi connectivity index (χ3n) is 3.04. The Labute approximate surface area is 93.9 Å². The van der Waals surface area contributed by atoms with Crippen LogP contribution in [0, 0.1) is 5.82 Å². The summed E-state index contributed by atoms with van der Waals surface area (Å²) in [6.07, 6.45) is 0.858. The first-order valence-electron chi connectivity index (χ1n) is 5.43. The van der Waals surface area contributed by atoms with Crippen LogP contribution in [0.3, 0.4) is 0 Å². The van der Waals surface area contributed by atoms with Crippen LogP contribution < -0.4 is 5.32 Å². The van der Waals surface area contributed by atoms with Crippen molar-refractivity contribution in [3.05, 3.63) is 65.5 Å². The van der Waals surface area contributed by atoms with Crippen molar-refractivity contribution in [2.24, 2.45) is 0 Å². The Morgan fingerprint density at radius 1 is 1.00 bits per heavy atom. The maximum atomic E-state index is 13.5. The van der Waals surface area contributed by atoms with Gasteiger partial charge in [0.2, 0.25) is 0 Å². The van der Waals surface area contributed by atoms with Gasteiger partial charge in [0.15, 0.2) is 0 Å². The fourth-order valence-corrected chi connectivity index (χ4v) is 2.23. The van der Waals surface area contributed by atoms with Crippen molar-refractivity contribution in [3.63, 3.8) is 0 Å². The van der Waals surface area contributed by atoms with Crippen LogP contribution in [0.4, 0.5) is 10.1 Å². The van der Waals surface area contributed by atoms with Crippen LogP contribution in [0.2, 0.25) is 0 Å². The topological polar surface area (TPSA) is 12.0 Å². The summed E-state index contributed by atoms with van der Waals surface area (Å²) in [5, 5.41) is 3.24. The van der Waals surface area contributed by atoms with Gasteiger partial charge in [0, 0.05) is 0 Å². The summed E-state index contributed by atoms with van der Waals surface area (Å²) in [6, 6.07) is 15.6. The van der Waals surface area contributed by atoms with E-state index in [4.69, 9.17) is 0 Å². The molecule has 0 radical (unpaired) electrons. The van der Waals surface area contributed by atoms with E-state index >= 15 is 0 Å². The molecule has 80 valence electrons. The van der Waals surface area contributed by atoms with Crippen LogP contribution in [-0.4, -0.2) is 0 Å². The number of para-hydroxylation sites is 1. The van der Waals surface area contributed by atoms with E-state index in [1.165, 1.54) is 11.6 Å². The third kappa shape index (κ3) is 1.47.